The fraction of sp³-hybridized carbons (Fsp3) is 0. The van der Waals surface area contributed by atoms with Crippen molar-refractivity contribution in [1.82, 2.24) is 0 Å². The van der Waals surface area contributed by atoms with Crippen LogP contribution in [0.25, 0.3) is 11.0 Å². The molecule has 0 aliphatic rings. The van der Waals surface area contributed by atoms with Gasteiger partial charge in [-0.1, -0.05) is 12.1 Å². The predicted molar refractivity (Wildman–Crippen MR) is 45.6 cm³/mol. The largest absolute Gasteiger partial charge is 0.464 e. The van der Waals surface area contributed by atoms with Crippen LogP contribution in [-0.4, -0.2) is 0 Å². The highest BCUT2D eigenvalue weighted by molar-refractivity contribution is 7.28. The minimum atomic E-state index is 0.951. The van der Waals surface area contributed by atoms with Gasteiger partial charge in [-0.25, -0.2) is 0 Å². The van der Waals surface area contributed by atoms with Crippen LogP contribution in [-0.2, 0) is 0 Å². The zero-order chi connectivity index (χ0) is 6.97. The smallest absolute Gasteiger partial charge is 0.134 e. The summed E-state index contributed by atoms with van der Waals surface area (Å²) < 4.78 is 5.19. The summed E-state index contributed by atoms with van der Waals surface area (Å²) in [6.45, 7) is 0. The number of benzene rings is 1. The second kappa shape index (κ2) is 2.10. The zero-order valence-corrected chi connectivity index (χ0v) is 6.53. The van der Waals surface area contributed by atoms with Crippen LogP contribution in [0.1, 0.15) is 0 Å². The van der Waals surface area contributed by atoms with Gasteiger partial charge in [0, 0.05) is 5.39 Å². The van der Waals surface area contributed by atoms with Gasteiger partial charge in [-0.15, -0.1) is 9.24 Å². The van der Waals surface area contributed by atoms with Crippen LogP contribution in [0.15, 0.2) is 34.9 Å². The van der Waals surface area contributed by atoms with Crippen molar-refractivity contribution in [3.05, 3.63) is 30.5 Å². The van der Waals surface area contributed by atoms with Gasteiger partial charge in [0.1, 0.15) is 5.58 Å². The van der Waals surface area contributed by atoms with Gasteiger partial charge < -0.3 is 4.42 Å². The number of furan rings is 1. The Morgan fingerprint density at radius 1 is 1.20 bits per heavy atom. The standard InChI is InChI=1S/C8H7OP/c10-8-3-1-2-7-6(8)4-5-9-7/h1-5H,10H2. The van der Waals surface area contributed by atoms with Gasteiger partial charge in [0.25, 0.3) is 0 Å². The van der Waals surface area contributed by atoms with E-state index in [1.54, 1.807) is 6.26 Å². The number of fused-ring (bicyclic) bond motifs is 1. The molecule has 0 aliphatic carbocycles. The third-order valence-corrected chi connectivity index (χ3v) is 2.03. The molecule has 2 heteroatoms. The van der Waals surface area contributed by atoms with Crippen molar-refractivity contribution in [3.63, 3.8) is 0 Å². The summed E-state index contributed by atoms with van der Waals surface area (Å²) in [6, 6.07) is 7.96. The van der Waals surface area contributed by atoms with E-state index in [1.165, 1.54) is 10.7 Å². The van der Waals surface area contributed by atoms with E-state index in [-0.39, 0.29) is 0 Å². The molecular weight excluding hydrogens is 143 g/mol. The molecule has 1 nitrogen and oxygen atoms in total. The first-order chi connectivity index (χ1) is 4.88. The fourth-order valence-corrected chi connectivity index (χ4v) is 1.37. The minimum Gasteiger partial charge on any atom is -0.464 e. The van der Waals surface area contributed by atoms with Gasteiger partial charge in [0.2, 0.25) is 0 Å². The highest BCUT2D eigenvalue weighted by Crippen LogP contribution is 2.13. The summed E-state index contributed by atoms with van der Waals surface area (Å²) in [5.41, 5.74) is 0.951. The fourth-order valence-electron chi connectivity index (χ4n) is 1.02. The van der Waals surface area contributed by atoms with Crippen LogP contribution in [0, 0.1) is 0 Å². The predicted octanol–water partition coefficient (Wildman–Crippen LogP) is 1.93. The molecule has 2 rings (SSSR count). The molecule has 1 heterocycles. The Morgan fingerprint density at radius 2 is 2.10 bits per heavy atom. The van der Waals surface area contributed by atoms with Crippen molar-refractivity contribution in [2.24, 2.45) is 0 Å². The Labute approximate surface area is 61.2 Å². The van der Waals surface area contributed by atoms with E-state index in [0.29, 0.717) is 0 Å². The quantitative estimate of drug-likeness (QED) is 0.523. The molecule has 0 saturated carbocycles. The average molecular weight is 150 g/mol. The van der Waals surface area contributed by atoms with Gasteiger partial charge in [0.15, 0.2) is 0 Å². The van der Waals surface area contributed by atoms with Crippen LogP contribution < -0.4 is 5.30 Å². The molecule has 1 aromatic heterocycles. The van der Waals surface area contributed by atoms with E-state index in [0.717, 1.165) is 5.58 Å². The molecular formula is C8H7OP. The molecule has 0 spiro atoms. The van der Waals surface area contributed by atoms with E-state index in [9.17, 15) is 0 Å². The summed E-state index contributed by atoms with van der Waals surface area (Å²) in [4.78, 5) is 0. The molecule has 2 aromatic rings. The molecule has 0 bridgehead atoms. The third-order valence-electron chi connectivity index (χ3n) is 1.53. The number of hydrogen-bond donors (Lipinski definition) is 0. The molecule has 0 N–H and O–H groups in total. The third kappa shape index (κ3) is 0.748. The first kappa shape index (κ1) is 5.94. The summed E-state index contributed by atoms with van der Waals surface area (Å²) in [6.07, 6.45) is 1.71. The van der Waals surface area contributed by atoms with Crippen LogP contribution in [0.4, 0.5) is 0 Å². The molecule has 1 unspecified atom stereocenters. The Bertz CT molecular complexity index is 351. The normalized spacial score (nSPS) is 10.5. The Hall–Kier alpha value is -0.810. The van der Waals surface area contributed by atoms with Crippen LogP contribution >= 0.6 is 9.24 Å². The van der Waals surface area contributed by atoms with Crippen LogP contribution in [0.2, 0.25) is 0 Å². The van der Waals surface area contributed by atoms with E-state index >= 15 is 0 Å². The lowest BCUT2D eigenvalue weighted by molar-refractivity contribution is 0.616. The molecule has 0 amide bonds. The molecule has 0 saturated heterocycles. The van der Waals surface area contributed by atoms with Crippen molar-refractivity contribution >= 4 is 25.5 Å². The lowest BCUT2D eigenvalue weighted by Gasteiger charge is -1.90. The Balaban J connectivity index is 2.95. The molecule has 0 radical (unpaired) electrons. The zero-order valence-electron chi connectivity index (χ0n) is 5.37. The van der Waals surface area contributed by atoms with Crippen LogP contribution in [0.3, 0.4) is 0 Å². The van der Waals surface area contributed by atoms with Crippen molar-refractivity contribution in [3.8, 4) is 0 Å². The first-order valence-electron chi connectivity index (χ1n) is 3.09. The summed E-state index contributed by atoms with van der Waals surface area (Å²) >= 11 is 0. The van der Waals surface area contributed by atoms with E-state index in [1.807, 2.05) is 24.3 Å². The van der Waals surface area contributed by atoms with E-state index < -0.39 is 0 Å². The number of hydrogen-bond acceptors (Lipinski definition) is 1. The topological polar surface area (TPSA) is 13.1 Å². The summed E-state index contributed by atoms with van der Waals surface area (Å²) in [7, 11) is 2.67. The van der Waals surface area contributed by atoms with E-state index in [2.05, 4.69) is 9.24 Å². The minimum absolute atomic E-state index is 0.951. The number of rotatable bonds is 0. The maximum absolute atomic E-state index is 5.19. The van der Waals surface area contributed by atoms with Crippen molar-refractivity contribution in [2.75, 3.05) is 0 Å². The molecule has 50 valence electrons. The van der Waals surface area contributed by atoms with Gasteiger partial charge in [-0.05, 0) is 17.4 Å². The lowest BCUT2D eigenvalue weighted by Crippen LogP contribution is -1.87. The molecule has 0 fully saturated rings. The maximum atomic E-state index is 5.19. The molecule has 1 atom stereocenters. The maximum Gasteiger partial charge on any atom is 0.134 e. The lowest BCUT2D eigenvalue weighted by atomic mass is 10.3. The van der Waals surface area contributed by atoms with Crippen molar-refractivity contribution in [2.45, 2.75) is 0 Å². The average Bonchev–Trinajstić information content (AvgIpc) is 2.36. The molecule has 10 heavy (non-hydrogen) atoms. The highest BCUT2D eigenvalue weighted by atomic mass is 31.0. The van der Waals surface area contributed by atoms with Crippen molar-refractivity contribution < 1.29 is 4.42 Å². The SMILES string of the molecule is Pc1cccc2occc12. The van der Waals surface area contributed by atoms with Crippen molar-refractivity contribution in [1.29, 1.82) is 0 Å². The van der Waals surface area contributed by atoms with Crippen LogP contribution in [0.5, 0.6) is 0 Å². The first-order valence-corrected chi connectivity index (χ1v) is 3.67. The van der Waals surface area contributed by atoms with Gasteiger partial charge in [0.05, 0.1) is 6.26 Å². The summed E-state index contributed by atoms with van der Waals surface area (Å²) in [5, 5.41) is 2.36. The Kier molecular flexibility index (Phi) is 1.25. The molecule has 0 aliphatic heterocycles. The van der Waals surface area contributed by atoms with E-state index in [4.69, 9.17) is 4.42 Å². The Morgan fingerprint density at radius 3 is 2.90 bits per heavy atom. The van der Waals surface area contributed by atoms with Gasteiger partial charge in [-0.3, -0.25) is 0 Å². The molecule has 1 aromatic carbocycles. The second-order valence-corrected chi connectivity index (χ2v) is 2.80. The monoisotopic (exact) mass is 150 g/mol. The highest BCUT2D eigenvalue weighted by Gasteiger charge is 1.96. The summed E-state index contributed by atoms with van der Waals surface area (Å²) in [5.74, 6) is 0. The van der Waals surface area contributed by atoms with Gasteiger partial charge >= 0.3 is 0 Å². The second-order valence-electron chi connectivity index (χ2n) is 2.18. The van der Waals surface area contributed by atoms with Gasteiger partial charge in [-0.2, -0.15) is 0 Å².